The normalized spacial score (nSPS) is 12.0. The highest BCUT2D eigenvalue weighted by molar-refractivity contribution is 7.98. The van der Waals surface area contributed by atoms with Gasteiger partial charge in [0.05, 0.1) is 11.1 Å². The smallest absolute Gasteiger partial charge is 0.337 e. The molecule has 2 rings (SSSR count). The highest BCUT2D eigenvalue weighted by Gasteiger charge is 2.24. The van der Waals surface area contributed by atoms with Gasteiger partial charge in [-0.3, -0.25) is 0 Å². The Balaban J connectivity index is 2.61. The molecule has 0 fully saturated rings. The Labute approximate surface area is 129 Å². The first kappa shape index (κ1) is 15.9. The van der Waals surface area contributed by atoms with E-state index in [0.29, 0.717) is 5.52 Å². The predicted molar refractivity (Wildman–Crippen MR) is 88.4 cm³/mol. The minimum Gasteiger partial charge on any atom is -0.478 e. The summed E-state index contributed by atoms with van der Waals surface area (Å²) in [6.45, 7) is 7.20. The van der Waals surface area contributed by atoms with Crippen molar-refractivity contribution in [3.8, 4) is 0 Å². The lowest BCUT2D eigenvalue weighted by atomic mass is 9.95. The summed E-state index contributed by atoms with van der Waals surface area (Å²) >= 11 is 1.82. The Morgan fingerprint density at radius 2 is 2.10 bits per heavy atom. The summed E-state index contributed by atoms with van der Waals surface area (Å²) in [6, 6.07) is 5.38. The molecule has 1 N–H and O–H groups in total. The first-order chi connectivity index (χ1) is 9.86. The molecule has 21 heavy (non-hydrogen) atoms. The van der Waals surface area contributed by atoms with Crippen molar-refractivity contribution in [1.29, 1.82) is 0 Å². The van der Waals surface area contributed by atoms with Crippen LogP contribution in [0.15, 0.2) is 18.2 Å². The Bertz CT molecular complexity index is 656. The number of rotatable bonds is 5. The number of aromatic nitrogens is 2. The SMILES string of the molecule is CSCCCn1c(C(C)(C)C)nc2c(C(=O)O)cccc21. The van der Waals surface area contributed by atoms with Gasteiger partial charge in [0.2, 0.25) is 0 Å². The maximum atomic E-state index is 11.4. The van der Waals surface area contributed by atoms with Gasteiger partial charge in [-0.15, -0.1) is 0 Å². The number of thioether (sulfide) groups is 1. The Morgan fingerprint density at radius 3 is 2.67 bits per heavy atom. The van der Waals surface area contributed by atoms with Crippen molar-refractivity contribution >= 4 is 28.8 Å². The maximum Gasteiger partial charge on any atom is 0.337 e. The molecule has 0 aliphatic carbocycles. The minimum absolute atomic E-state index is 0.117. The van der Waals surface area contributed by atoms with Crippen LogP contribution in [-0.4, -0.2) is 32.6 Å². The van der Waals surface area contributed by atoms with Crippen molar-refractivity contribution in [2.24, 2.45) is 0 Å². The molecule has 114 valence electrons. The van der Waals surface area contributed by atoms with Gasteiger partial charge in [-0.2, -0.15) is 11.8 Å². The van der Waals surface area contributed by atoms with E-state index >= 15 is 0 Å². The number of hydrogen-bond donors (Lipinski definition) is 1. The van der Waals surface area contributed by atoms with Crippen molar-refractivity contribution in [2.45, 2.75) is 39.2 Å². The Hall–Kier alpha value is -1.49. The molecule has 4 nitrogen and oxygen atoms in total. The Morgan fingerprint density at radius 1 is 1.38 bits per heavy atom. The van der Waals surface area contributed by atoms with Gasteiger partial charge < -0.3 is 9.67 Å². The molecule has 1 aromatic carbocycles. The van der Waals surface area contributed by atoms with Crippen LogP contribution in [0.1, 0.15) is 43.4 Å². The molecule has 1 heterocycles. The van der Waals surface area contributed by atoms with E-state index in [-0.39, 0.29) is 11.0 Å². The van der Waals surface area contributed by atoms with E-state index in [1.54, 1.807) is 12.1 Å². The number of fused-ring (bicyclic) bond motifs is 1. The van der Waals surface area contributed by atoms with Crippen LogP contribution in [0.2, 0.25) is 0 Å². The van der Waals surface area contributed by atoms with Crippen LogP contribution in [0.25, 0.3) is 11.0 Å². The zero-order valence-electron chi connectivity index (χ0n) is 13.0. The summed E-state index contributed by atoms with van der Waals surface area (Å²) in [6.07, 6.45) is 3.15. The van der Waals surface area contributed by atoms with Crippen LogP contribution in [0.5, 0.6) is 0 Å². The average molecular weight is 306 g/mol. The molecular weight excluding hydrogens is 284 g/mol. The number of hydrogen-bond acceptors (Lipinski definition) is 3. The fourth-order valence-electron chi connectivity index (χ4n) is 2.49. The number of aryl methyl sites for hydroxylation is 1. The number of benzene rings is 1. The van der Waals surface area contributed by atoms with Crippen molar-refractivity contribution in [3.63, 3.8) is 0 Å². The third-order valence-corrected chi connectivity index (χ3v) is 4.11. The van der Waals surface area contributed by atoms with E-state index in [1.807, 2.05) is 17.8 Å². The largest absolute Gasteiger partial charge is 0.478 e. The highest BCUT2D eigenvalue weighted by atomic mass is 32.2. The molecule has 0 amide bonds. The molecule has 0 saturated carbocycles. The molecule has 0 bridgehead atoms. The number of carboxylic acids is 1. The Kier molecular flexibility index (Phi) is 4.61. The maximum absolute atomic E-state index is 11.4. The number of carbonyl (C=O) groups is 1. The fourth-order valence-corrected chi connectivity index (χ4v) is 2.90. The molecule has 0 radical (unpaired) electrons. The lowest BCUT2D eigenvalue weighted by molar-refractivity contribution is 0.0699. The average Bonchev–Trinajstić information content (AvgIpc) is 2.77. The van der Waals surface area contributed by atoms with Gasteiger partial charge in [0.1, 0.15) is 11.3 Å². The van der Waals surface area contributed by atoms with Gasteiger partial charge in [-0.1, -0.05) is 26.8 Å². The predicted octanol–water partition coefficient (Wildman–Crippen LogP) is 3.79. The summed E-state index contributed by atoms with van der Waals surface area (Å²) in [4.78, 5) is 16.1. The van der Waals surface area contributed by atoms with Gasteiger partial charge in [-0.25, -0.2) is 9.78 Å². The quantitative estimate of drug-likeness (QED) is 0.854. The van der Waals surface area contributed by atoms with E-state index in [9.17, 15) is 9.90 Å². The second-order valence-corrected chi connectivity index (χ2v) is 7.15. The fraction of sp³-hybridized carbons (Fsp3) is 0.500. The highest BCUT2D eigenvalue weighted by Crippen LogP contribution is 2.28. The van der Waals surface area contributed by atoms with E-state index in [1.165, 1.54) is 0 Å². The van der Waals surface area contributed by atoms with Gasteiger partial charge >= 0.3 is 5.97 Å². The van der Waals surface area contributed by atoms with E-state index in [2.05, 4.69) is 36.6 Å². The topological polar surface area (TPSA) is 55.1 Å². The first-order valence-electron chi connectivity index (χ1n) is 7.08. The summed E-state index contributed by atoms with van der Waals surface area (Å²) in [7, 11) is 0. The van der Waals surface area contributed by atoms with Gasteiger partial charge in [0.15, 0.2) is 0 Å². The van der Waals surface area contributed by atoms with E-state index < -0.39 is 5.97 Å². The number of aromatic carboxylic acids is 1. The van der Waals surface area contributed by atoms with Crippen LogP contribution >= 0.6 is 11.8 Å². The number of imidazole rings is 1. The van der Waals surface area contributed by atoms with E-state index in [0.717, 1.165) is 30.1 Å². The standard InChI is InChI=1S/C16H22N2O2S/c1-16(2,3)15-17-13-11(14(19)20)7-5-8-12(13)18(15)9-6-10-21-4/h5,7-8H,6,9-10H2,1-4H3,(H,19,20). The van der Waals surface area contributed by atoms with Crippen LogP contribution in [0, 0.1) is 0 Å². The molecule has 0 atom stereocenters. The molecule has 0 aliphatic rings. The zero-order valence-corrected chi connectivity index (χ0v) is 13.8. The zero-order chi connectivity index (χ0) is 15.6. The van der Waals surface area contributed by atoms with Gasteiger partial charge in [0, 0.05) is 12.0 Å². The summed E-state index contributed by atoms with van der Waals surface area (Å²) in [5.74, 6) is 1.11. The summed E-state index contributed by atoms with van der Waals surface area (Å²) in [5, 5.41) is 9.35. The second kappa shape index (κ2) is 6.10. The number of para-hydroxylation sites is 1. The van der Waals surface area contributed by atoms with Crippen LogP contribution < -0.4 is 0 Å². The number of carboxylic acid groups (broad SMARTS) is 1. The van der Waals surface area contributed by atoms with Crippen molar-refractivity contribution in [3.05, 3.63) is 29.6 Å². The lowest BCUT2D eigenvalue weighted by Gasteiger charge is -2.20. The van der Waals surface area contributed by atoms with Gasteiger partial charge in [-0.05, 0) is 30.6 Å². The monoisotopic (exact) mass is 306 g/mol. The molecular formula is C16H22N2O2S. The van der Waals surface area contributed by atoms with Crippen molar-refractivity contribution in [1.82, 2.24) is 9.55 Å². The van der Waals surface area contributed by atoms with E-state index in [4.69, 9.17) is 0 Å². The van der Waals surface area contributed by atoms with Crippen LogP contribution in [0.3, 0.4) is 0 Å². The van der Waals surface area contributed by atoms with Crippen molar-refractivity contribution in [2.75, 3.05) is 12.0 Å². The lowest BCUT2D eigenvalue weighted by Crippen LogP contribution is -2.19. The third-order valence-electron chi connectivity index (χ3n) is 3.41. The molecule has 0 unspecified atom stereocenters. The van der Waals surface area contributed by atoms with Crippen LogP contribution in [-0.2, 0) is 12.0 Å². The molecule has 1 aromatic heterocycles. The van der Waals surface area contributed by atoms with Crippen LogP contribution in [0.4, 0.5) is 0 Å². The summed E-state index contributed by atoms with van der Waals surface area (Å²) < 4.78 is 2.18. The second-order valence-electron chi connectivity index (χ2n) is 6.16. The molecule has 5 heteroatoms. The molecule has 2 aromatic rings. The molecule has 0 spiro atoms. The molecule has 0 aliphatic heterocycles. The third kappa shape index (κ3) is 3.23. The first-order valence-corrected chi connectivity index (χ1v) is 8.47. The van der Waals surface area contributed by atoms with Gasteiger partial charge in [0.25, 0.3) is 0 Å². The number of nitrogens with zero attached hydrogens (tertiary/aromatic N) is 2. The van der Waals surface area contributed by atoms with Crippen molar-refractivity contribution < 1.29 is 9.90 Å². The molecule has 0 saturated heterocycles. The minimum atomic E-state index is -0.921. The summed E-state index contributed by atoms with van der Waals surface area (Å²) in [5.41, 5.74) is 1.68.